The first kappa shape index (κ1) is 13.7. The van der Waals surface area contributed by atoms with Crippen LogP contribution in [0.3, 0.4) is 0 Å². The average molecular weight is 300 g/mol. The highest BCUT2D eigenvalue weighted by molar-refractivity contribution is 6.32. The molecule has 106 valence electrons. The average Bonchev–Trinajstić information content (AvgIpc) is 2.98. The summed E-state index contributed by atoms with van der Waals surface area (Å²) in [6, 6.07) is 15.5. The Labute approximate surface area is 127 Å². The van der Waals surface area contributed by atoms with Crippen LogP contribution in [0.4, 0.5) is 0 Å². The number of halogens is 1. The predicted molar refractivity (Wildman–Crippen MR) is 82.4 cm³/mol. The van der Waals surface area contributed by atoms with Crippen LogP contribution in [-0.4, -0.2) is 27.3 Å². The summed E-state index contributed by atoms with van der Waals surface area (Å²) in [7, 11) is 1.88. The lowest BCUT2D eigenvalue weighted by Crippen LogP contribution is -2.11. The Morgan fingerprint density at radius 3 is 2.67 bits per heavy atom. The zero-order valence-electron chi connectivity index (χ0n) is 11.5. The van der Waals surface area contributed by atoms with Crippen LogP contribution in [0.2, 0.25) is 5.02 Å². The van der Waals surface area contributed by atoms with Crippen LogP contribution in [-0.2, 0) is 6.54 Å². The maximum atomic E-state index is 6.30. The number of benzene rings is 2. The molecule has 0 radical (unpaired) electrons. The van der Waals surface area contributed by atoms with E-state index in [9.17, 15) is 0 Å². The molecule has 1 aromatic heterocycles. The van der Waals surface area contributed by atoms with Gasteiger partial charge >= 0.3 is 0 Å². The van der Waals surface area contributed by atoms with Crippen LogP contribution in [0.15, 0.2) is 48.5 Å². The molecule has 0 aliphatic rings. The van der Waals surface area contributed by atoms with Crippen LogP contribution in [0.25, 0.3) is 17.1 Å². The van der Waals surface area contributed by atoms with Crippen molar-refractivity contribution in [2.75, 3.05) is 7.05 Å². The molecule has 0 spiro atoms. The van der Waals surface area contributed by atoms with Gasteiger partial charge in [-0.2, -0.15) is 0 Å². The van der Waals surface area contributed by atoms with Gasteiger partial charge in [0.15, 0.2) is 0 Å². The van der Waals surface area contributed by atoms with E-state index in [-0.39, 0.29) is 0 Å². The highest BCUT2D eigenvalue weighted by Crippen LogP contribution is 2.24. The van der Waals surface area contributed by atoms with E-state index in [2.05, 4.69) is 20.7 Å². The van der Waals surface area contributed by atoms with E-state index in [1.807, 2.05) is 55.6 Å². The van der Waals surface area contributed by atoms with Gasteiger partial charge in [0.25, 0.3) is 0 Å². The quantitative estimate of drug-likeness (QED) is 0.805. The van der Waals surface area contributed by atoms with Gasteiger partial charge in [-0.25, -0.2) is 0 Å². The van der Waals surface area contributed by atoms with Gasteiger partial charge in [-0.1, -0.05) is 54.1 Å². The van der Waals surface area contributed by atoms with Gasteiger partial charge in [0.05, 0.1) is 5.02 Å². The van der Waals surface area contributed by atoms with E-state index in [1.54, 1.807) is 0 Å². The summed E-state index contributed by atoms with van der Waals surface area (Å²) < 4.78 is 0. The number of aromatic nitrogens is 4. The second kappa shape index (κ2) is 6.03. The zero-order valence-corrected chi connectivity index (χ0v) is 12.2. The highest BCUT2D eigenvalue weighted by Gasteiger charge is 2.13. The van der Waals surface area contributed by atoms with Crippen LogP contribution < -0.4 is 5.32 Å². The molecule has 0 bridgehead atoms. The summed E-state index contributed by atoms with van der Waals surface area (Å²) in [5, 5.41) is 16.4. The number of rotatable bonds is 4. The first-order valence-electron chi connectivity index (χ1n) is 6.57. The van der Waals surface area contributed by atoms with Gasteiger partial charge in [-0.15, -0.1) is 15.0 Å². The van der Waals surface area contributed by atoms with Gasteiger partial charge < -0.3 is 5.32 Å². The monoisotopic (exact) mass is 299 g/mol. The van der Waals surface area contributed by atoms with E-state index in [0.29, 0.717) is 17.4 Å². The lowest BCUT2D eigenvalue weighted by atomic mass is 10.2. The second-order valence-electron chi connectivity index (χ2n) is 4.55. The molecule has 3 aromatic rings. The number of tetrazole rings is 1. The number of hydrogen-bond donors (Lipinski definition) is 1. The lowest BCUT2D eigenvalue weighted by Gasteiger charge is -2.08. The molecule has 3 rings (SSSR count). The fraction of sp³-hybridized carbons (Fsp3) is 0.133. The summed E-state index contributed by atoms with van der Waals surface area (Å²) in [5.74, 6) is 0.575. The van der Waals surface area contributed by atoms with Crippen LogP contribution >= 0.6 is 11.6 Å². The summed E-state index contributed by atoms with van der Waals surface area (Å²) in [5.41, 5.74) is 2.69. The fourth-order valence-electron chi connectivity index (χ4n) is 2.13. The maximum absolute atomic E-state index is 6.30. The normalized spacial score (nSPS) is 10.8. The third-order valence-corrected chi connectivity index (χ3v) is 3.39. The topological polar surface area (TPSA) is 55.6 Å². The highest BCUT2D eigenvalue weighted by atomic mass is 35.5. The van der Waals surface area contributed by atoms with Gasteiger partial charge in [0.2, 0.25) is 5.82 Å². The summed E-state index contributed by atoms with van der Waals surface area (Å²) in [6.45, 7) is 0.679. The van der Waals surface area contributed by atoms with Crippen molar-refractivity contribution in [3.63, 3.8) is 0 Å². The number of nitrogens with one attached hydrogen (secondary N) is 1. The largest absolute Gasteiger partial charge is 0.316 e. The Balaban J connectivity index is 2.04. The van der Waals surface area contributed by atoms with Crippen molar-refractivity contribution in [2.24, 2.45) is 0 Å². The molecule has 0 fully saturated rings. The summed E-state index contributed by atoms with van der Waals surface area (Å²) >= 11 is 6.30. The van der Waals surface area contributed by atoms with Gasteiger partial charge in [0.1, 0.15) is 5.69 Å². The molecule has 1 heterocycles. The van der Waals surface area contributed by atoms with Crippen LogP contribution in [0.5, 0.6) is 0 Å². The van der Waals surface area contributed by atoms with Crippen molar-refractivity contribution in [2.45, 2.75) is 6.54 Å². The Kier molecular flexibility index (Phi) is 3.94. The number of nitrogens with zero attached hydrogens (tertiary/aromatic N) is 4. The SMILES string of the molecule is CNCc1cccc(Cl)c1-n1nnc(-c2ccccc2)n1. The first-order valence-corrected chi connectivity index (χ1v) is 6.95. The van der Waals surface area contributed by atoms with Crippen LogP contribution in [0, 0.1) is 0 Å². The molecule has 0 unspecified atom stereocenters. The third-order valence-electron chi connectivity index (χ3n) is 3.08. The van der Waals surface area contributed by atoms with Crippen molar-refractivity contribution < 1.29 is 0 Å². The van der Waals surface area contributed by atoms with Crippen molar-refractivity contribution in [3.05, 3.63) is 59.1 Å². The molecule has 2 aromatic carbocycles. The van der Waals surface area contributed by atoms with E-state index >= 15 is 0 Å². The first-order chi connectivity index (χ1) is 10.3. The molecular formula is C15H14ClN5. The number of hydrogen-bond acceptors (Lipinski definition) is 4. The molecule has 0 saturated carbocycles. The molecule has 0 atom stereocenters. The predicted octanol–water partition coefficient (Wildman–Crippen LogP) is 2.70. The van der Waals surface area contributed by atoms with Crippen molar-refractivity contribution in [3.8, 4) is 17.1 Å². The molecule has 5 nitrogen and oxygen atoms in total. The molecule has 0 saturated heterocycles. The Morgan fingerprint density at radius 1 is 1.10 bits per heavy atom. The van der Waals surface area contributed by atoms with Crippen molar-refractivity contribution >= 4 is 11.6 Å². The van der Waals surface area contributed by atoms with E-state index in [0.717, 1.165) is 16.8 Å². The minimum atomic E-state index is 0.575. The van der Waals surface area contributed by atoms with Crippen molar-refractivity contribution in [1.29, 1.82) is 0 Å². The Morgan fingerprint density at radius 2 is 1.90 bits per heavy atom. The smallest absolute Gasteiger partial charge is 0.205 e. The standard InChI is InChI=1S/C15H14ClN5/c1-17-10-12-8-5-9-13(16)14(12)21-19-15(18-20-21)11-6-3-2-4-7-11/h2-9,17H,10H2,1H3. The van der Waals surface area contributed by atoms with Crippen LogP contribution in [0.1, 0.15) is 5.56 Å². The molecule has 6 heteroatoms. The number of para-hydroxylation sites is 1. The zero-order chi connectivity index (χ0) is 14.7. The van der Waals surface area contributed by atoms with E-state index in [4.69, 9.17) is 11.6 Å². The van der Waals surface area contributed by atoms with Gasteiger partial charge in [0, 0.05) is 12.1 Å². The fourth-order valence-corrected chi connectivity index (χ4v) is 2.40. The third kappa shape index (κ3) is 2.79. The van der Waals surface area contributed by atoms with E-state index in [1.165, 1.54) is 4.80 Å². The Bertz CT molecular complexity index is 739. The second-order valence-corrected chi connectivity index (χ2v) is 4.95. The minimum absolute atomic E-state index is 0.575. The van der Waals surface area contributed by atoms with E-state index < -0.39 is 0 Å². The van der Waals surface area contributed by atoms with Crippen molar-refractivity contribution in [1.82, 2.24) is 25.5 Å². The minimum Gasteiger partial charge on any atom is -0.316 e. The summed E-state index contributed by atoms with van der Waals surface area (Å²) in [4.78, 5) is 1.48. The lowest BCUT2D eigenvalue weighted by molar-refractivity contribution is 0.701. The van der Waals surface area contributed by atoms with Gasteiger partial charge in [-0.3, -0.25) is 0 Å². The molecular weight excluding hydrogens is 286 g/mol. The molecule has 0 aliphatic carbocycles. The Hall–Kier alpha value is -2.24. The van der Waals surface area contributed by atoms with Gasteiger partial charge in [-0.05, 0) is 23.9 Å². The maximum Gasteiger partial charge on any atom is 0.205 e. The summed E-state index contributed by atoms with van der Waals surface area (Å²) in [6.07, 6.45) is 0. The molecule has 1 N–H and O–H groups in total. The molecule has 0 amide bonds. The molecule has 21 heavy (non-hydrogen) atoms. The molecule has 0 aliphatic heterocycles.